The van der Waals surface area contributed by atoms with Crippen molar-refractivity contribution in [3.8, 4) is 0 Å². The van der Waals surface area contributed by atoms with Gasteiger partial charge in [0.2, 0.25) is 10.0 Å². The molecular weight excluding hydrogens is 398 g/mol. The maximum atomic E-state index is 12.2. The molecule has 1 atom stereocenters. The highest BCUT2D eigenvalue weighted by atomic mass is 32.2. The van der Waals surface area contributed by atoms with Gasteiger partial charge >= 0.3 is 0 Å². The van der Waals surface area contributed by atoms with Gasteiger partial charge in [-0.2, -0.15) is 0 Å². The number of sulfone groups is 1. The zero-order valence-electron chi connectivity index (χ0n) is 15.7. The summed E-state index contributed by atoms with van der Waals surface area (Å²) in [7, 11) is -7.60. The summed E-state index contributed by atoms with van der Waals surface area (Å²) in [5.74, 6) is 0. The number of primary sulfonamides is 1. The summed E-state index contributed by atoms with van der Waals surface area (Å²) in [6.07, 6.45) is 2.96. The molecule has 2 aromatic rings. The van der Waals surface area contributed by atoms with Crippen molar-refractivity contribution in [2.75, 3.05) is 24.7 Å². The van der Waals surface area contributed by atoms with E-state index in [9.17, 15) is 16.8 Å². The van der Waals surface area contributed by atoms with Gasteiger partial charge in [-0.15, -0.1) is 0 Å². The number of piperidine rings is 1. The van der Waals surface area contributed by atoms with E-state index in [2.05, 4.69) is 22.3 Å². The van der Waals surface area contributed by atoms with Crippen LogP contribution in [0.25, 0.3) is 0 Å². The number of nitrogens with two attached hydrogens (primary N) is 1. The van der Waals surface area contributed by atoms with Gasteiger partial charge in [0.15, 0.2) is 9.84 Å². The van der Waals surface area contributed by atoms with E-state index in [0.717, 1.165) is 44.8 Å². The van der Waals surface area contributed by atoms with Crippen LogP contribution in [0, 0.1) is 0 Å². The highest BCUT2D eigenvalue weighted by Crippen LogP contribution is 2.27. The Morgan fingerprint density at radius 1 is 1.11 bits per heavy atom. The first kappa shape index (κ1) is 20.8. The fraction of sp³-hybridized carbons (Fsp3) is 0.368. The van der Waals surface area contributed by atoms with E-state index in [1.165, 1.54) is 17.7 Å². The summed E-state index contributed by atoms with van der Waals surface area (Å²) in [5.41, 5.74) is 1.64. The number of nitrogens with zero attached hydrogens (tertiary/aromatic N) is 1. The molecule has 0 bridgehead atoms. The molecule has 9 heteroatoms. The quantitative estimate of drug-likeness (QED) is 0.733. The number of anilines is 1. The van der Waals surface area contributed by atoms with Crippen molar-refractivity contribution in [2.24, 2.45) is 5.14 Å². The van der Waals surface area contributed by atoms with Gasteiger partial charge < -0.3 is 5.32 Å². The van der Waals surface area contributed by atoms with Crippen LogP contribution in [0.1, 0.15) is 18.4 Å². The van der Waals surface area contributed by atoms with Crippen molar-refractivity contribution in [2.45, 2.75) is 35.2 Å². The van der Waals surface area contributed by atoms with E-state index in [1.54, 1.807) is 0 Å². The normalized spacial score (nSPS) is 18.7. The predicted molar refractivity (Wildman–Crippen MR) is 109 cm³/mol. The second-order valence-electron chi connectivity index (χ2n) is 7.18. The van der Waals surface area contributed by atoms with Gasteiger partial charge in [0.1, 0.15) is 0 Å². The Bertz CT molecular complexity index is 1040. The Kier molecular flexibility index (Phi) is 6.09. The van der Waals surface area contributed by atoms with Crippen molar-refractivity contribution in [1.29, 1.82) is 0 Å². The average Bonchev–Trinajstić information content (AvgIpc) is 2.61. The minimum absolute atomic E-state index is 0.0563. The van der Waals surface area contributed by atoms with Crippen LogP contribution in [0.3, 0.4) is 0 Å². The van der Waals surface area contributed by atoms with E-state index in [0.29, 0.717) is 5.69 Å². The molecule has 0 saturated carbocycles. The van der Waals surface area contributed by atoms with Gasteiger partial charge in [0.05, 0.1) is 15.5 Å². The van der Waals surface area contributed by atoms with Crippen LogP contribution in [0.15, 0.2) is 58.3 Å². The lowest BCUT2D eigenvalue weighted by Crippen LogP contribution is -2.41. The monoisotopic (exact) mass is 423 g/mol. The topological polar surface area (TPSA) is 110 Å². The Balaban J connectivity index is 1.79. The zero-order valence-corrected chi connectivity index (χ0v) is 17.3. The van der Waals surface area contributed by atoms with Crippen molar-refractivity contribution >= 4 is 25.5 Å². The van der Waals surface area contributed by atoms with Crippen molar-refractivity contribution in [1.82, 2.24) is 4.90 Å². The van der Waals surface area contributed by atoms with E-state index in [1.807, 2.05) is 18.2 Å². The average molecular weight is 424 g/mol. The maximum absolute atomic E-state index is 12.2. The number of likely N-dealkylation sites (tertiary alicyclic amines) is 1. The molecule has 3 N–H and O–H groups in total. The Morgan fingerprint density at radius 3 is 2.46 bits per heavy atom. The van der Waals surface area contributed by atoms with E-state index in [-0.39, 0.29) is 15.8 Å². The number of hydrogen-bond donors (Lipinski definition) is 2. The first-order valence-corrected chi connectivity index (χ1v) is 12.5. The third-order valence-corrected chi connectivity index (χ3v) is 6.84. The molecule has 1 unspecified atom stereocenters. The summed E-state index contributed by atoms with van der Waals surface area (Å²) in [6.45, 7) is 2.59. The van der Waals surface area contributed by atoms with Crippen LogP contribution in [0.4, 0.5) is 5.69 Å². The third-order valence-electron chi connectivity index (χ3n) is 4.80. The molecule has 0 radical (unpaired) electrons. The number of rotatable bonds is 6. The van der Waals surface area contributed by atoms with Gasteiger partial charge in [-0.1, -0.05) is 30.3 Å². The van der Waals surface area contributed by atoms with Gasteiger partial charge in [-0.3, -0.25) is 4.90 Å². The van der Waals surface area contributed by atoms with Crippen LogP contribution in [-0.2, 0) is 26.4 Å². The van der Waals surface area contributed by atoms with Crippen LogP contribution >= 0.6 is 0 Å². The van der Waals surface area contributed by atoms with Crippen LogP contribution < -0.4 is 10.5 Å². The third kappa shape index (κ3) is 5.32. The highest BCUT2D eigenvalue weighted by molar-refractivity contribution is 7.91. The summed E-state index contributed by atoms with van der Waals surface area (Å²) in [6, 6.07) is 14.2. The molecule has 0 amide bonds. The van der Waals surface area contributed by atoms with Crippen molar-refractivity contribution in [3.63, 3.8) is 0 Å². The first-order chi connectivity index (χ1) is 13.1. The van der Waals surface area contributed by atoms with Gasteiger partial charge in [0, 0.05) is 25.4 Å². The Labute approximate surface area is 166 Å². The molecule has 0 spiro atoms. The molecule has 3 rings (SSSR count). The smallest absolute Gasteiger partial charge is 0.238 e. The molecule has 7 nitrogen and oxygen atoms in total. The highest BCUT2D eigenvalue weighted by Gasteiger charge is 2.23. The van der Waals surface area contributed by atoms with Gasteiger partial charge in [0.25, 0.3) is 0 Å². The molecule has 0 aromatic heterocycles. The summed E-state index contributed by atoms with van der Waals surface area (Å²) < 4.78 is 47.6. The molecule has 1 aliphatic rings. The Morgan fingerprint density at radius 2 is 1.82 bits per heavy atom. The molecule has 28 heavy (non-hydrogen) atoms. The summed E-state index contributed by atoms with van der Waals surface area (Å²) in [5, 5.41) is 8.44. The van der Waals surface area contributed by atoms with Crippen molar-refractivity contribution < 1.29 is 16.8 Å². The van der Waals surface area contributed by atoms with E-state index in [4.69, 9.17) is 5.14 Å². The number of hydrogen-bond acceptors (Lipinski definition) is 6. The SMILES string of the molecule is CS(=O)(=O)c1cc(S(N)(=O)=O)ccc1NC1CCCN(Cc2ccccc2)C1. The van der Waals surface area contributed by atoms with Gasteiger partial charge in [-0.25, -0.2) is 22.0 Å². The Hall–Kier alpha value is -1.94. The first-order valence-electron chi connectivity index (χ1n) is 9.02. The fourth-order valence-corrected chi connectivity index (χ4v) is 4.97. The predicted octanol–water partition coefficient (Wildman–Crippen LogP) is 1.81. The zero-order chi connectivity index (χ0) is 20.4. The summed E-state index contributed by atoms with van der Waals surface area (Å²) in [4.78, 5) is 2.06. The van der Waals surface area contributed by atoms with Gasteiger partial charge in [-0.05, 0) is 43.1 Å². The van der Waals surface area contributed by atoms with Crippen LogP contribution in [0.5, 0.6) is 0 Å². The second-order valence-corrected chi connectivity index (χ2v) is 10.7. The number of sulfonamides is 1. The molecular formula is C19H25N3O4S2. The maximum Gasteiger partial charge on any atom is 0.238 e. The lowest BCUT2D eigenvalue weighted by Gasteiger charge is -2.34. The lowest BCUT2D eigenvalue weighted by molar-refractivity contribution is 0.208. The molecule has 2 aromatic carbocycles. The molecule has 152 valence electrons. The molecule has 1 saturated heterocycles. The van der Waals surface area contributed by atoms with Crippen LogP contribution in [-0.4, -0.2) is 47.1 Å². The second kappa shape index (κ2) is 8.20. The standard InChI is InChI=1S/C19H25N3O4S2/c1-27(23,24)19-12-17(28(20,25)26)9-10-18(19)21-16-8-5-11-22(14-16)13-15-6-3-2-4-7-15/h2-4,6-7,9-10,12,16,21H,5,8,11,13-14H2,1H3,(H2,20,25,26). The fourth-order valence-electron chi connectivity index (χ4n) is 3.48. The minimum atomic E-state index is -3.98. The lowest BCUT2D eigenvalue weighted by atomic mass is 10.0. The van der Waals surface area contributed by atoms with E-state index < -0.39 is 19.9 Å². The minimum Gasteiger partial charge on any atom is -0.380 e. The largest absolute Gasteiger partial charge is 0.380 e. The summed E-state index contributed by atoms with van der Waals surface area (Å²) >= 11 is 0. The molecule has 1 aliphatic heterocycles. The molecule has 1 heterocycles. The number of benzene rings is 2. The molecule has 0 aliphatic carbocycles. The van der Waals surface area contributed by atoms with Crippen molar-refractivity contribution in [3.05, 3.63) is 54.1 Å². The van der Waals surface area contributed by atoms with E-state index >= 15 is 0 Å². The number of nitrogens with one attached hydrogen (secondary N) is 1. The molecule has 1 fully saturated rings. The van der Waals surface area contributed by atoms with Crippen LogP contribution in [0.2, 0.25) is 0 Å².